The third kappa shape index (κ3) is 8.17. The van der Waals surface area contributed by atoms with E-state index in [1.807, 2.05) is 97.1 Å². The highest BCUT2D eigenvalue weighted by atomic mass is 14.9. The van der Waals surface area contributed by atoms with Gasteiger partial charge in [-0.25, -0.2) is 9.97 Å². The van der Waals surface area contributed by atoms with E-state index in [0.29, 0.717) is 12.4 Å². The summed E-state index contributed by atoms with van der Waals surface area (Å²) in [6.07, 6.45) is 0. The Hall–Kier alpha value is -5.91. The molecule has 0 aliphatic heterocycles. The summed E-state index contributed by atoms with van der Waals surface area (Å²) >= 11 is 0. The number of fused-ring (bicyclic) bond motifs is 1. The van der Waals surface area contributed by atoms with Crippen molar-refractivity contribution >= 4 is 16.6 Å². The average Bonchev–Trinajstić information content (AvgIpc) is 3.13. The van der Waals surface area contributed by atoms with Crippen molar-refractivity contribution in [2.75, 3.05) is 0 Å². The number of nitrogens with one attached hydrogen (secondary N) is 1. The summed E-state index contributed by atoms with van der Waals surface area (Å²) in [4.78, 5) is 9.90. The summed E-state index contributed by atoms with van der Waals surface area (Å²) in [5.41, 5.74) is 19.5. The smallest absolute Gasteiger partial charge is 0.160 e. The number of nitrogens with two attached hydrogens (primary N) is 2. The standard InChI is InChI=1S/C27H21N3.C7H8N2.C7H8/c28-18-24-22-14-8-7-9-19(22)15-16-23(24)27-29-25(20-10-3-1-4-11-20)17-26(30-27)21-12-5-2-6-13-21;8-7(9)6-4-2-1-3-5-6;1-7-5-3-2-4-6-7/h1-17H,18,28H2;1-5H,(H3,8,9);2-6H,1H3. The van der Waals surface area contributed by atoms with E-state index in [1.54, 1.807) is 0 Å². The van der Waals surface area contributed by atoms with Gasteiger partial charge in [-0.15, -0.1) is 0 Å². The van der Waals surface area contributed by atoms with Crippen LogP contribution in [0.1, 0.15) is 16.7 Å². The van der Waals surface area contributed by atoms with Crippen LogP contribution < -0.4 is 11.5 Å². The molecule has 0 saturated carbocycles. The monoisotopic (exact) mass is 599 g/mol. The minimum atomic E-state index is 0.121. The average molecular weight is 600 g/mol. The lowest BCUT2D eigenvalue weighted by Gasteiger charge is -2.13. The van der Waals surface area contributed by atoms with Gasteiger partial charge >= 0.3 is 0 Å². The molecule has 7 rings (SSSR count). The molecular weight excluding hydrogens is 562 g/mol. The molecule has 1 heterocycles. The molecular formula is C41H37N5. The number of nitrogens with zero attached hydrogens (tertiary/aromatic N) is 2. The zero-order chi connectivity index (χ0) is 32.1. The van der Waals surface area contributed by atoms with E-state index < -0.39 is 0 Å². The number of benzene rings is 6. The lowest BCUT2D eigenvalue weighted by Crippen LogP contribution is -2.10. The normalized spacial score (nSPS) is 10.2. The van der Waals surface area contributed by atoms with Crippen molar-refractivity contribution in [2.24, 2.45) is 11.5 Å². The molecule has 1 aromatic heterocycles. The number of amidine groups is 1. The lowest BCUT2D eigenvalue weighted by atomic mass is 9.98. The van der Waals surface area contributed by atoms with Gasteiger partial charge in [-0.2, -0.15) is 0 Å². The van der Waals surface area contributed by atoms with Crippen molar-refractivity contribution in [3.8, 4) is 33.9 Å². The van der Waals surface area contributed by atoms with E-state index in [4.69, 9.17) is 26.8 Å². The molecule has 0 fully saturated rings. The van der Waals surface area contributed by atoms with Gasteiger partial charge in [0, 0.05) is 28.8 Å². The van der Waals surface area contributed by atoms with Crippen LogP contribution in [0.15, 0.2) is 164 Å². The highest BCUT2D eigenvalue weighted by Gasteiger charge is 2.14. The summed E-state index contributed by atoms with van der Waals surface area (Å²) in [5.74, 6) is 0.817. The Labute approximate surface area is 270 Å². The van der Waals surface area contributed by atoms with Crippen LogP contribution in [0.3, 0.4) is 0 Å². The van der Waals surface area contributed by atoms with Crippen LogP contribution >= 0.6 is 0 Å². The summed E-state index contributed by atoms with van der Waals surface area (Å²) in [6, 6.07) is 54.5. The molecule has 7 aromatic rings. The Morgan fingerprint density at radius 1 is 0.587 bits per heavy atom. The fourth-order valence-corrected chi connectivity index (χ4v) is 5.00. The molecule has 0 spiro atoms. The number of nitrogen functional groups attached to an aromatic ring is 1. The van der Waals surface area contributed by atoms with Crippen molar-refractivity contribution in [3.63, 3.8) is 0 Å². The second-order valence-electron chi connectivity index (χ2n) is 10.6. The molecule has 5 N–H and O–H groups in total. The van der Waals surface area contributed by atoms with Gasteiger partial charge in [0.2, 0.25) is 0 Å². The maximum absolute atomic E-state index is 7.01. The third-order valence-electron chi connectivity index (χ3n) is 7.38. The predicted octanol–water partition coefficient (Wildman–Crippen LogP) is 9.06. The first-order valence-corrected chi connectivity index (χ1v) is 15.2. The summed E-state index contributed by atoms with van der Waals surface area (Å²) in [7, 11) is 0. The molecule has 0 aliphatic carbocycles. The maximum Gasteiger partial charge on any atom is 0.160 e. The van der Waals surface area contributed by atoms with Crippen molar-refractivity contribution in [1.29, 1.82) is 5.41 Å². The summed E-state index contributed by atoms with van der Waals surface area (Å²) in [6.45, 7) is 2.51. The highest BCUT2D eigenvalue weighted by molar-refractivity contribution is 5.94. The Morgan fingerprint density at radius 2 is 1.07 bits per heavy atom. The second kappa shape index (κ2) is 15.7. The van der Waals surface area contributed by atoms with Crippen molar-refractivity contribution < 1.29 is 0 Å². The van der Waals surface area contributed by atoms with E-state index in [-0.39, 0.29) is 5.84 Å². The van der Waals surface area contributed by atoms with Crippen LogP contribution in [-0.4, -0.2) is 15.8 Å². The Morgan fingerprint density at radius 3 is 1.52 bits per heavy atom. The molecule has 0 aliphatic rings. The van der Waals surface area contributed by atoms with Gasteiger partial charge in [0.05, 0.1) is 11.4 Å². The van der Waals surface area contributed by atoms with Gasteiger partial charge in [0.15, 0.2) is 5.82 Å². The zero-order valence-electron chi connectivity index (χ0n) is 25.8. The minimum absolute atomic E-state index is 0.121. The number of aryl methyl sites for hydroxylation is 1. The molecule has 0 amide bonds. The SMILES string of the molecule is Cc1ccccc1.N=C(N)c1ccccc1.NCc1c(-c2nc(-c3ccccc3)cc(-c3ccccc3)n2)ccc2ccccc12. The Bertz CT molecular complexity index is 1930. The Kier molecular flexibility index (Phi) is 10.8. The Balaban J connectivity index is 0.000000212. The van der Waals surface area contributed by atoms with Gasteiger partial charge in [-0.3, -0.25) is 5.41 Å². The van der Waals surface area contributed by atoms with Gasteiger partial charge in [0.25, 0.3) is 0 Å². The van der Waals surface area contributed by atoms with Crippen LogP contribution in [0.25, 0.3) is 44.7 Å². The molecule has 0 radical (unpaired) electrons. The predicted molar refractivity (Wildman–Crippen MR) is 192 cm³/mol. The van der Waals surface area contributed by atoms with Gasteiger partial charge < -0.3 is 11.5 Å². The van der Waals surface area contributed by atoms with Gasteiger partial charge in [-0.1, -0.05) is 163 Å². The lowest BCUT2D eigenvalue weighted by molar-refractivity contribution is 1.07. The fraction of sp³-hybridized carbons (Fsp3) is 0.0488. The van der Waals surface area contributed by atoms with Crippen molar-refractivity contribution in [1.82, 2.24) is 9.97 Å². The molecule has 46 heavy (non-hydrogen) atoms. The number of aromatic nitrogens is 2. The van der Waals surface area contributed by atoms with Crippen LogP contribution in [0.4, 0.5) is 0 Å². The zero-order valence-corrected chi connectivity index (χ0v) is 25.8. The van der Waals surface area contributed by atoms with Crippen LogP contribution in [0.2, 0.25) is 0 Å². The third-order valence-corrected chi connectivity index (χ3v) is 7.38. The van der Waals surface area contributed by atoms with Gasteiger partial charge in [-0.05, 0) is 29.3 Å². The minimum Gasteiger partial charge on any atom is -0.384 e. The largest absolute Gasteiger partial charge is 0.384 e. The second-order valence-corrected chi connectivity index (χ2v) is 10.6. The maximum atomic E-state index is 7.01. The first-order chi connectivity index (χ1) is 22.5. The molecule has 0 saturated heterocycles. The number of hydrogen-bond acceptors (Lipinski definition) is 4. The van der Waals surface area contributed by atoms with Crippen molar-refractivity contribution in [3.05, 3.63) is 180 Å². The molecule has 6 aromatic carbocycles. The number of rotatable bonds is 5. The quantitative estimate of drug-likeness (QED) is 0.136. The summed E-state index contributed by atoms with van der Waals surface area (Å²) < 4.78 is 0. The van der Waals surface area contributed by atoms with Crippen LogP contribution in [-0.2, 0) is 6.54 Å². The first-order valence-electron chi connectivity index (χ1n) is 15.2. The van der Waals surface area contributed by atoms with Gasteiger partial charge in [0.1, 0.15) is 5.84 Å². The topological polar surface area (TPSA) is 102 Å². The molecule has 0 bridgehead atoms. The first kappa shape index (κ1) is 31.5. The molecule has 0 unspecified atom stereocenters. The van der Waals surface area contributed by atoms with E-state index >= 15 is 0 Å². The van der Waals surface area contributed by atoms with Crippen LogP contribution in [0.5, 0.6) is 0 Å². The van der Waals surface area contributed by atoms with E-state index in [0.717, 1.165) is 44.6 Å². The van der Waals surface area contributed by atoms with Crippen LogP contribution in [0, 0.1) is 12.3 Å². The van der Waals surface area contributed by atoms with Crippen molar-refractivity contribution in [2.45, 2.75) is 13.5 Å². The number of hydrogen-bond donors (Lipinski definition) is 3. The van der Waals surface area contributed by atoms with E-state index in [2.05, 4.69) is 73.7 Å². The molecule has 5 heteroatoms. The molecule has 226 valence electrons. The fourth-order valence-electron chi connectivity index (χ4n) is 5.00. The van der Waals surface area contributed by atoms with E-state index in [9.17, 15) is 0 Å². The summed E-state index contributed by atoms with van der Waals surface area (Å²) in [5, 5.41) is 9.33. The van der Waals surface area contributed by atoms with E-state index in [1.165, 1.54) is 10.9 Å². The molecule has 0 atom stereocenters. The highest BCUT2D eigenvalue weighted by Crippen LogP contribution is 2.32. The molecule has 5 nitrogen and oxygen atoms in total.